The zero-order valence-corrected chi connectivity index (χ0v) is 14.2. The van der Waals surface area contributed by atoms with E-state index in [-0.39, 0.29) is 17.8 Å². The summed E-state index contributed by atoms with van der Waals surface area (Å²) < 4.78 is 0. The van der Waals surface area contributed by atoms with Crippen molar-refractivity contribution in [2.24, 2.45) is 17.3 Å². The molecule has 1 heterocycles. The number of benzene rings is 1. The maximum atomic E-state index is 12.9. The number of pyridine rings is 1. The van der Waals surface area contributed by atoms with Gasteiger partial charge >= 0.3 is 5.97 Å². The van der Waals surface area contributed by atoms with Crippen LogP contribution in [0, 0.1) is 17.3 Å². The third kappa shape index (κ3) is 2.92. The van der Waals surface area contributed by atoms with Crippen molar-refractivity contribution in [2.75, 3.05) is 5.73 Å². The van der Waals surface area contributed by atoms with Crippen LogP contribution in [0.4, 0.5) is 5.69 Å². The van der Waals surface area contributed by atoms with Crippen LogP contribution in [-0.4, -0.2) is 27.8 Å². The molecular formula is C19H19N3O4. The minimum Gasteiger partial charge on any atom is -0.481 e. The van der Waals surface area contributed by atoms with Gasteiger partial charge < -0.3 is 16.2 Å². The maximum absolute atomic E-state index is 12.9. The minimum atomic E-state index is -1.32. The van der Waals surface area contributed by atoms with Crippen molar-refractivity contribution in [1.29, 1.82) is 0 Å². The molecule has 3 atom stereocenters. The van der Waals surface area contributed by atoms with Gasteiger partial charge in [-0.25, -0.2) is 0 Å². The number of carbonyl (C=O) groups is 3. The molecule has 1 aromatic heterocycles. The highest BCUT2D eigenvalue weighted by atomic mass is 16.4. The van der Waals surface area contributed by atoms with Crippen LogP contribution >= 0.6 is 0 Å². The Labute approximate surface area is 150 Å². The number of ketones is 1. The van der Waals surface area contributed by atoms with Gasteiger partial charge in [-0.05, 0) is 29.8 Å². The van der Waals surface area contributed by atoms with E-state index in [1.54, 1.807) is 48.8 Å². The summed E-state index contributed by atoms with van der Waals surface area (Å²) in [6.07, 6.45) is 3.20. The summed E-state index contributed by atoms with van der Waals surface area (Å²) in [5.41, 5.74) is 5.88. The third-order valence-electron chi connectivity index (χ3n) is 4.98. The van der Waals surface area contributed by atoms with E-state index in [1.165, 1.54) is 6.92 Å². The molecular weight excluding hydrogens is 334 g/mol. The number of carbonyl (C=O) groups excluding carboxylic acids is 2. The average molecular weight is 353 g/mol. The van der Waals surface area contributed by atoms with Gasteiger partial charge in [-0.1, -0.05) is 19.1 Å². The van der Waals surface area contributed by atoms with E-state index in [1.807, 2.05) is 0 Å². The molecule has 0 spiro atoms. The molecule has 0 unspecified atom stereocenters. The Morgan fingerprint density at radius 1 is 1.15 bits per heavy atom. The van der Waals surface area contributed by atoms with Crippen molar-refractivity contribution < 1.29 is 19.5 Å². The number of Topliss-reactive ketones (excluding diaryl/α,β-unsaturated/α-hetero) is 1. The van der Waals surface area contributed by atoms with Gasteiger partial charge in [0.25, 0.3) is 0 Å². The Morgan fingerprint density at radius 2 is 1.81 bits per heavy atom. The maximum Gasteiger partial charge on any atom is 0.308 e. The number of rotatable bonds is 6. The van der Waals surface area contributed by atoms with Gasteiger partial charge in [-0.15, -0.1) is 0 Å². The summed E-state index contributed by atoms with van der Waals surface area (Å²) in [6.45, 7) is 1.75. The van der Waals surface area contributed by atoms with Gasteiger partial charge in [0, 0.05) is 30.2 Å². The zero-order valence-electron chi connectivity index (χ0n) is 14.2. The Morgan fingerprint density at radius 3 is 2.42 bits per heavy atom. The summed E-state index contributed by atoms with van der Waals surface area (Å²) >= 11 is 0. The van der Waals surface area contributed by atoms with Crippen LogP contribution < -0.4 is 11.1 Å². The number of nitrogen functional groups attached to an aromatic ring is 1. The molecule has 7 nitrogen and oxygen atoms in total. The minimum absolute atomic E-state index is 0.238. The summed E-state index contributed by atoms with van der Waals surface area (Å²) in [6, 6.07) is 9.96. The molecule has 3 rings (SSSR count). The van der Waals surface area contributed by atoms with Gasteiger partial charge in [0.1, 0.15) is 0 Å². The number of nitrogens with one attached hydrogen (secondary N) is 1. The number of carboxylic acids is 1. The molecule has 0 aliphatic heterocycles. The van der Waals surface area contributed by atoms with E-state index in [0.717, 1.165) is 5.56 Å². The van der Waals surface area contributed by atoms with Crippen LogP contribution in [0.3, 0.4) is 0 Å². The number of nitrogens with two attached hydrogens (primary N) is 1. The van der Waals surface area contributed by atoms with Crippen molar-refractivity contribution in [3.05, 3.63) is 59.9 Å². The molecule has 1 aliphatic rings. The van der Waals surface area contributed by atoms with Crippen LogP contribution in [0.2, 0.25) is 0 Å². The molecule has 1 aromatic carbocycles. The number of carboxylic acid groups (broad SMARTS) is 1. The second-order valence-electron chi connectivity index (χ2n) is 6.57. The van der Waals surface area contributed by atoms with Gasteiger partial charge in [-0.3, -0.25) is 19.4 Å². The fourth-order valence-corrected chi connectivity index (χ4v) is 3.41. The van der Waals surface area contributed by atoms with E-state index in [9.17, 15) is 19.5 Å². The lowest BCUT2D eigenvalue weighted by molar-refractivity contribution is -0.140. The van der Waals surface area contributed by atoms with Crippen LogP contribution in [0.5, 0.6) is 0 Å². The van der Waals surface area contributed by atoms with Crippen LogP contribution in [-0.2, 0) is 16.1 Å². The highest BCUT2D eigenvalue weighted by Crippen LogP contribution is 2.60. The van der Waals surface area contributed by atoms with Gasteiger partial charge in [0.2, 0.25) is 5.91 Å². The normalized spacial score (nSPS) is 23.9. The largest absolute Gasteiger partial charge is 0.481 e. The highest BCUT2D eigenvalue weighted by Gasteiger charge is 2.72. The summed E-state index contributed by atoms with van der Waals surface area (Å²) in [7, 11) is 0. The number of hydrogen-bond acceptors (Lipinski definition) is 5. The summed E-state index contributed by atoms with van der Waals surface area (Å²) in [4.78, 5) is 41.0. The molecule has 0 saturated heterocycles. The monoisotopic (exact) mass is 353 g/mol. The fourth-order valence-electron chi connectivity index (χ4n) is 3.41. The molecule has 2 aromatic rings. The first kappa shape index (κ1) is 17.6. The molecule has 1 saturated carbocycles. The van der Waals surface area contributed by atoms with Crippen molar-refractivity contribution in [3.63, 3.8) is 0 Å². The first-order valence-electron chi connectivity index (χ1n) is 8.16. The fraction of sp³-hybridized carbons (Fsp3) is 0.263. The number of aromatic nitrogens is 1. The standard InChI is InChI=1S/C19H19N3O4/c1-19(16(23)12-4-2-3-5-13(12)20)14(15(19)18(25)26)17(24)22-10-11-6-8-21-9-7-11/h2-9,14-15H,10,20H2,1H3,(H,22,24)(H,25,26)/t14-,15+,19+/m0/s1. The molecule has 1 fully saturated rings. The first-order valence-corrected chi connectivity index (χ1v) is 8.16. The predicted octanol–water partition coefficient (Wildman–Crippen LogP) is 1.50. The molecule has 1 amide bonds. The Kier molecular flexibility index (Phi) is 4.46. The summed E-state index contributed by atoms with van der Waals surface area (Å²) in [5, 5.41) is 12.2. The zero-order chi connectivity index (χ0) is 18.9. The first-order chi connectivity index (χ1) is 12.4. The van der Waals surface area contributed by atoms with Crippen molar-refractivity contribution in [1.82, 2.24) is 10.3 Å². The van der Waals surface area contributed by atoms with Crippen molar-refractivity contribution in [3.8, 4) is 0 Å². The quantitative estimate of drug-likeness (QED) is 0.534. The van der Waals surface area contributed by atoms with Gasteiger partial charge in [0.05, 0.1) is 17.3 Å². The molecule has 134 valence electrons. The molecule has 26 heavy (non-hydrogen) atoms. The number of amides is 1. The molecule has 0 radical (unpaired) electrons. The van der Waals surface area contributed by atoms with Crippen LogP contribution in [0.25, 0.3) is 0 Å². The van der Waals surface area contributed by atoms with E-state index in [2.05, 4.69) is 10.3 Å². The predicted molar refractivity (Wildman–Crippen MR) is 94.0 cm³/mol. The second-order valence-corrected chi connectivity index (χ2v) is 6.57. The van der Waals surface area contributed by atoms with E-state index in [4.69, 9.17) is 5.73 Å². The number of aliphatic carboxylic acids is 1. The Bertz CT molecular complexity index is 868. The number of para-hydroxylation sites is 1. The smallest absolute Gasteiger partial charge is 0.308 e. The average Bonchev–Trinajstić information content (AvgIpc) is 3.28. The number of hydrogen-bond donors (Lipinski definition) is 3. The molecule has 1 aliphatic carbocycles. The third-order valence-corrected chi connectivity index (χ3v) is 4.98. The van der Waals surface area contributed by atoms with Crippen molar-refractivity contribution in [2.45, 2.75) is 13.5 Å². The van der Waals surface area contributed by atoms with E-state index >= 15 is 0 Å². The Balaban J connectivity index is 1.80. The number of nitrogens with zero attached hydrogens (tertiary/aromatic N) is 1. The van der Waals surface area contributed by atoms with Crippen LogP contribution in [0.1, 0.15) is 22.8 Å². The molecule has 7 heteroatoms. The SMILES string of the molecule is C[C@@]1(C(=O)c2ccccc2N)[C@H](C(=O)NCc2ccncc2)[C@@H]1C(=O)O. The lowest BCUT2D eigenvalue weighted by Crippen LogP contribution is -2.29. The second kappa shape index (κ2) is 6.59. The van der Waals surface area contributed by atoms with Crippen LogP contribution in [0.15, 0.2) is 48.8 Å². The van der Waals surface area contributed by atoms with Gasteiger partial charge in [0.15, 0.2) is 5.78 Å². The van der Waals surface area contributed by atoms with E-state index in [0.29, 0.717) is 0 Å². The Hall–Kier alpha value is -3.22. The van der Waals surface area contributed by atoms with Crippen molar-refractivity contribution >= 4 is 23.3 Å². The number of anilines is 1. The lowest BCUT2D eigenvalue weighted by atomic mass is 9.91. The lowest BCUT2D eigenvalue weighted by Gasteiger charge is -2.12. The van der Waals surface area contributed by atoms with E-state index < -0.39 is 34.9 Å². The summed E-state index contributed by atoms with van der Waals surface area (Å²) in [5.74, 6) is -4.06. The topological polar surface area (TPSA) is 122 Å². The molecule has 0 bridgehead atoms. The van der Waals surface area contributed by atoms with Gasteiger partial charge in [-0.2, -0.15) is 0 Å². The molecule has 4 N–H and O–H groups in total. The highest BCUT2D eigenvalue weighted by molar-refractivity contribution is 6.13.